The van der Waals surface area contributed by atoms with Crippen LogP contribution in [0.2, 0.25) is 0 Å². The standard InChI is InChI=1S/C7H9NO2S2/c1-7-3-4(9)10-5(7)12-6(11)8(7)2/h5H,3H2,1-2H3/t5-,7-/m0/s1. The van der Waals surface area contributed by atoms with Gasteiger partial charge in [0.15, 0.2) is 5.44 Å². The Labute approximate surface area is 80.4 Å². The molecule has 0 bridgehead atoms. The number of ether oxygens (including phenoxy) is 1. The molecule has 0 amide bonds. The molecule has 66 valence electrons. The molecule has 0 radical (unpaired) electrons. The van der Waals surface area contributed by atoms with Crippen molar-refractivity contribution in [2.24, 2.45) is 0 Å². The molecular weight excluding hydrogens is 194 g/mol. The fourth-order valence-corrected chi connectivity index (χ4v) is 3.14. The molecule has 2 aliphatic heterocycles. The Morgan fingerprint density at radius 3 is 3.08 bits per heavy atom. The van der Waals surface area contributed by atoms with Crippen LogP contribution in [0.4, 0.5) is 0 Å². The third-order valence-corrected chi connectivity index (χ3v) is 4.35. The summed E-state index contributed by atoms with van der Waals surface area (Å²) in [6.07, 6.45) is 0.446. The van der Waals surface area contributed by atoms with Gasteiger partial charge in [-0.25, -0.2) is 0 Å². The fourth-order valence-electron chi connectivity index (χ4n) is 1.47. The predicted molar refractivity (Wildman–Crippen MR) is 50.9 cm³/mol. The maximum Gasteiger partial charge on any atom is 0.309 e. The maximum absolute atomic E-state index is 11.0. The van der Waals surface area contributed by atoms with Crippen molar-refractivity contribution in [2.45, 2.75) is 24.3 Å². The molecule has 0 unspecified atom stereocenters. The fraction of sp³-hybridized carbons (Fsp3) is 0.714. The highest BCUT2D eigenvalue weighted by Gasteiger charge is 2.55. The summed E-state index contributed by atoms with van der Waals surface area (Å²) in [6, 6.07) is 0. The Kier molecular flexibility index (Phi) is 1.63. The van der Waals surface area contributed by atoms with Crippen molar-refractivity contribution in [3.8, 4) is 0 Å². The second kappa shape index (κ2) is 2.35. The first-order valence-electron chi connectivity index (χ1n) is 3.68. The smallest absolute Gasteiger partial charge is 0.309 e. The Balaban J connectivity index is 2.33. The van der Waals surface area contributed by atoms with Crippen molar-refractivity contribution in [1.29, 1.82) is 0 Å². The van der Waals surface area contributed by atoms with Crippen LogP contribution in [0.15, 0.2) is 0 Å². The molecule has 2 atom stereocenters. The number of carbonyl (C=O) groups is 1. The number of esters is 1. The molecule has 2 fully saturated rings. The minimum absolute atomic E-state index is 0.0949. The van der Waals surface area contributed by atoms with Crippen molar-refractivity contribution >= 4 is 34.3 Å². The van der Waals surface area contributed by atoms with Crippen LogP contribution in [0.3, 0.4) is 0 Å². The zero-order valence-corrected chi connectivity index (χ0v) is 8.50. The SMILES string of the molecule is CN1C(=S)S[C@@H]2OC(=O)C[C@@]21C. The highest BCUT2D eigenvalue weighted by molar-refractivity contribution is 8.23. The van der Waals surface area contributed by atoms with Gasteiger partial charge >= 0.3 is 5.97 Å². The minimum Gasteiger partial charge on any atom is -0.448 e. The highest BCUT2D eigenvalue weighted by atomic mass is 32.2. The van der Waals surface area contributed by atoms with Gasteiger partial charge < -0.3 is 9.64 Å². The lowest BCUT2D eigenvalue weighted by Crippen LogP contribution is -2.43. The van der Waals surface area contributed by atoms with Gasteiger partial charge in [0.05, 0.1) is 12.0 Å². The quantitative estimate of drug-likeness (QED) is 0.432. The zero-order chi connectivity index (χ0) is 8.93. The molecule has 0 saturated carbocycles. The lowest BCUT2D eigenvalue weighted by Gasteiger charge is -2.28. The van der Waals surface area contributed by atoms with Gasteiger partial charge in [0.2, 0.25) is 0 Å². The first-order valence-corrected chi connectivity index (χ1v) is 4.97. The summed E-state index contributed by atoms with van der Waals surface area (Å²) in [4.78, 5) is 13.0. The Morgan fingerprint density at radius 2 is 2.50 bits per heavy atom. The van der Waals surface area contributed by atoms with E-state index in [0.717, 1.165) is 4.32 Å². The second-order valence-electron chi connectivity index (χ2n) is 3.30. The number of rotatable bonds is 0. The summed E-state index contributed by atoms with van der Waals surface area (Å²) >= 11 is 6.57. The maximum atomic E-state index is 11.0. The summed E-state index contributed by atoms with van der Waals surface area (Å²) in [7, 11) is 1.91. The van der Waals surface area contributed by atoms with Crippen molar-refractivity contribution in [2.75, 3.05) is 7.05 Å². The minimum atomic E-state index is -0.209. The van der Waals surface area contributed by atoms with Crippen LogP contribution in [0.5, 0.6) is 0 Å². The van der Waals surface area contributed by atoms with Crippen molar-refractivity contribution in [3.63, 3.8) is 0 Å². The second-order valence-corrected chi connectivity index (χ2v) is 4.99. The van der Waals surface area contributed by atoms with E-state index in [9.17, 15) is 4.79 Å². The average Bonchev–Trinajstić information content (AvgIpc) is 2.34. The van der Waals surface area contributed by atoms with Crippen LogP contribution < -0.4 is 0 Å². The number of hydrogen-bond donors (Lipinski definition) is 0. The number of nitrogens with zero attached hydrogens (tertiary/aromatic N) is 1. The normalized spacial score (nSPS) is 40.2. The van der Waals surface area contributed by atoms with E-state index >= 15 is 0 Å². The van der Waals surface area contributed by atoms with Crippen molar-refractivity contribution in [1.82, 2.24) is 4.90 Å². The third kappa shape index (κ3) is 0.894. The van der Waals surface area contributed by atoms with Gasteiger partial charge in [0, 0.05) is 7.05 Å². The largest absolute Gasteiger partial charge is 0.448 e. The van der Waals surface area contributed by atoms with Gasteiger partial charge in [0.1, 0.15) is 4.32 Å². The van der Waals surface area contributed by atoms with E-state index in [1.807, 2.05) is 18.9 Å². The molecule has 0 aromatic heterocycles. The molecule has 2 saturated heterocycles. The van der Waals surface area contributed by atoms with Crippen LogP contribution in [0.1, 0.15) is 13.3 Å². The van der Waals surface area contributed by atoms with E-state index in [1.165, 1.54) is 11.8 Å². The van der Waals surface area contributed by atoms with E-state index in [0.29, 0.717) is 6.42 Å². The van der Waals surface area contributed by atoms with E-state index < -0.39 is 0 Å². The molecule has 3 nitrogen and oxygen atoms in total. The number of hydrogen-bond acceptors (Lipinski definition) is 4. The molecule has 0 aromatic carbocycles. The van der Waals surface area contributed by atoms with Crippen LogP contribution >= 0.6 is 24.0 Å². The van der Waals surface area contributed by atoms with Gasteiger partial charge in [-0.05, 0) is 18.7 Å². The van der Waals surface area contributed by atoms with E-state index in [-0.39, 0.29) is 16.9 Å². The van der Waals surface area contributed by atoms with E-state index in [1.54, 1.807) is 0 Å². The van der Waals surface area contributed by atoms with Crippen LogP contribution in [0.25, 0.3) is 0 Å². The number of thioether (sulfide) groups is 1. The predicted octanol–water partition coefficient (Wildman–Crippen LogP) is 0.982. The summed E-state index contributed by atoms with van der Waals surface area (Å²) in [5.41, 5.74) is -0.304. The van der Waals surface area contributed by atoms with E-state index in [4.69, 9.17) is 17.0 Å². The monoisotopic (exact) mass is 203 g/mol. The summed E-state index contributed by atoms with van der Waals surface area (Å²) in [5.74, 6) is -0.121. The number of likely N-dealkylation sites (N-methyl/N-ethyl adjacent to an activating group) is 1. The molecular formula is C7H9NO2S2. The summed E-state index contributed by atoms with van der Waals surface area (Å²) in [5, 5.41) is 0. The van der Waals surface area contributed by atoms with Gasteiger partial charge in [-0.3, -0.25) is 4.79 Å². The van der Waals surface area contributed by atoms with Gasteiger partial charge in [-0.2, -0.15) is 0 Å². The first-order chi connectivity index (χ1) is 5.54. The number of fused-ring (bicyclic) bond motifs is 1. The first kappa shape index (κ1) is 8.31. The van der Waals surface area contributed by atoms with Gasteiger partial charge in [-0.15, -0.1) is 0 Å². The molecule has 0 N–H and O–H groups in total. The molecule has 2 aliphatic rings. The van der Waals surface area contributed by atoms with Gasteiger partial charge in [-0.1, -0.05) is 12.2 Å². The summed E-state index contributed by atoms with van der Waals surface area (Å²) < 4.78 is 5.94. The number of thiocarbonyl (C=S) groups is 1. The number of carbonyl (C=O) groups excluding carboxylic acids is 1. The average molecular weight is 203 g/mol. The molecule has 0 spiro atoms. The summed E-state index contributed by atoms with van der Waals surface area (Å²) in [6.45, 7) is 2.01. The Bertz CT molecular complexity index is 268. The zero-order valence-electron chi connectivity index (χ0n) is 6.86. The Hall–Kier alpha value is -0.290. The molecule has 5 heteroatoms. The van der Waals surface area contributed by atoms with Crippen LogP contribution in [0, 0.1) is 0 Å². The van der Waals surface area contributed by atoms with Crippen molar-refractivity contribution in [3.05, 3.63) is 0 Å². The molecule has 12 heavy (non-hydrogen) atoms. The molecule has 2 heterocycles. The van der Waals surface area contributed by atoms with Gasteiger partial charge in [0.25, 0.3) is 0 Å². The molecule has 0 aliphatic carbocycles. The van der Waals surface area contributed by atoms with Crippen LogP contribution in [-0.2, 0) is 9.53 Å². The molecule has 2 rings (SSSR count). The topological polar surface area (TPSA) is 29.5 Å². The molecule has 0 aromatic rings. The van der Waals surface area contributed by atoms with Crippen molar-refractivity contribution < 1.29 is 9.53 Å². The highest BCUT2D eigenvalue weighted by Crippen LogP contribution is 2.45. The lowest BCUT2D eigenvalue weighted by atomic mass is 10.0. The Morgan fingerprint density at radius 1 is 1.83 bits per heavy atom. The third-order valence-electron chi connectivity index (χ3n) is 2.50. The van der Waals surface area contributed by atoms with E-state index in [2.05, 4.69) is 0 Å². The lowest BCUT2D eigenvalue weighted by molar-refractivity contribution is -0.138. The van der Waals surface area contributed by atoms with Crippen LogP contribution in [-0.4, -0.2) is 33.2 Å².